The molecular formula is C17H20FNO. The number of hydrogen-bond donors (Lipinski definition) is 1. The van der Waals surface area contributed by atoms with E-state index in [9.17, 15) is 9.50 Å². The summed E-state index contributed by atoms with van der Waals surface area (Å²) in [7, 11) is 0. The van der Waals surface area contributed by atoms with Crippen LogP contribution in [0.1, 0.15) is 25.3 Å². The monoisotopic (exact) mass is 273 g/mol. The van der Waals surface area contributed by atoms with Crippen LogP contribution < -0.4 is 4.90 Å². The molecule has 2 aromatic carbocycles. The first-order chi connectivity index (χ1) is 9.69. The number of benzene rings is 2. The molecule has 0 amide bonds. The first-order valence-electron chi connectivity index (χ1n) is 6.97. The van der Waals surface area contributed by atoms with Gasteiger partial charge in [0.15, 0.2) is 0 Å². The Bertz CT molecular complexity index is 522. The number of phenolic OH excluding ortho intramolecular Hbond substituents is 1. The van der Waals surface area contributed by atoms with Gasteiger partial charge in [0.1, 0.15) is 11.6 Å². The first-order valence-corrected chi connectivity index (χ1v) is 6.97. The fraction of sp³-hybridized carbons (Fsp3) is 0.294. The van der Waals surface area contributed by atoms with Gasteiger partial charge in [0.05, 0.1) is 0 Å². The smallest absolute Gasteiger partial charge is 0.127 e. The highest BCUT2D eigenvalue weighted by molar-refractivity contribution is 5.47. The largest absolute Gasteiger partial charge is 0.508 e. The molecule has 2 nitrogen and oxygen atoms in total. The molecule has 1 N–H and O–H groups in total. The van der Waals surface area contributed by atoms with Gasteiger partial charge >= 0.3 is 0 Å². The van der Waals surface area contributed by atoms with Gasteiger partial charge in [-0.3, -0.25) is 0 Å². The van der Waals surface area contributed by atoms with E-state index >= 15 is 0 Å². The Hall–Kier alpha value is -2.03. The van der Waals surface area contributed by atoms with Crippen LogP contribution in [0, 0.1) is 5.82 Å². The van der Waals surface area contributed by atoms with Crippen molar-refractivity contribution < 1.29 is 9.50 Å². The summed E-state index contributed by atoms with van der Waals surface area (Å²) >= 11 is 0. The summed E-state index contributed by atoms with van der Waals surface area (Å²) in [6, 6.07) is 14.3. The Labute approximate surface area is 119 Å². The zero-order valence-electron chi connectivity index (χ0n) is 11.7. The summed E-state index contributed by atoms with van der Waals surface area (Å²) in [5, 5.41) is 9.49. The maximum atomic E-state index is 13.4. The molecule has 20 heavy (non-hydrogen) atoms. The summed E-state index contributed by atoms with van der Waals surface area (Å²) in [6.45, 7) is 3.66. The maximum Gasteiger partial charge on any atom is 0.127 e. The van der Waals surface area contributed by atoms with Crippen molar-refractivity contribution in [2.24, 2.45) is 0 Å². The number of halogens is 1. The molecule has 0 aromatic heterocycles. The molecule has 0 spiro atoms. The molecule has 0 radical (unpaired) electrons. The van der Waals surface area contributed by atoms with Crippen molar-refractivity contribution in [1.29, 1.82) is 0 Å². The third-order valence-electron chi connectivity index (χ3n) is 3.22. The molecule has 0 bridgehead atoms. The molecule has 0 saturated carbocycles. The van der Waals surface area contributed by atoms with Crippen LogP contribution in [0.5, 0.6) is 5.75 Å². The van der Waals surface area contributed by atoms with Crippen molar-refractivity contribution in [3.8, 4) is 5.75 Å². The number of hydrogen-bond acceptors (Lipinski definition) is 2. The van der Waals surface area contributed by atoms with E-state index in [4.69, 9.17) is 0 Å². The molecule has 0 saturated heterocycles. The van der Waals surface area contributed by atoms with Gasteiger partial charge in [-0.2, -0.15) is 0 Å². The quantitative estimate of drug-likeness (QED) is 0.846. The average molecular weight is 273 g/mol. The third-order valence-corrected chi connectivity index (χ3v) is 3.22. The number of aromatic hydroxyl groups is 1. The molecule has 2 rings (SSSR count). The fourth-order valence-electron chi connectivity index (χ4n) is 2.23. The number of para-hydroxylation sites is 1. The standard InChI is InChI=1S/C17H20FNO/c1-2-3-9-19(16-7-5-4-6-8-16)13-14-10-15(18)12-17(20)11-14/h4-8,10-12,20H,2-3,9,13H2,1H3. The van der Waals surface area contributed by atoms with E-state index in [1.807, 2.05) is 18.2 Å². The molecule has 0 aliphatic rings. The van der Waals surface area contributed by atoms with Gasteiger partial charge < -0.3 is 10.0 Å². The summed E-state index contributed by atoms with van der Waals surface area (Å²) < 4.78 is 13.4. The Kier molecular flexibility index (Phi) is 4.99. The second-order valence-electron chi connectivity index (χ2n) is 4.93. The number of nitrogens with zero attached hydrogens (tertiary/aromatic N) is 1. The van der Waals surface area contributed by atoms with Crippen molar-refractivity contribution in [1.82, 2.24) is 0 Å². The Balaban J connectivity index is 2.19. The Morgan fingerprint density at radius 2 is 1.85 bits per heavy atom. The highest BCUT2D eigenvalue weighted by Crippen LogP contribution is 2.21. The highest BCUT2D eigenvalue weighted by atomic mass is 19.1. The predicted octanol–water partition coefficient (Wildman–Crippen LogP) is 4.34. The van der Waals surface area contributed by atoms with Gasteiger partial charge in [0.25, 0.3) is 0 Å². The average Bonchev–Trinajstić information content (AvgIpc) is 2.43. The van der Waals surface area contributed by atoms with Crippen LogP contribution in [0.2, 0.25) is 0 Å². The van der Waals surface area contributed by atoms with E-state index in [-0.39, 0.29) is 5.75 Å². The molecule has 106 valence electrons. The van der Waals surface area contributed by atoms with Crippen molar-refractivity contribution in [2.75, 3.05) is 11.4 Å². The third kappa shape index (κ3) is 3.98. The minimum atomic E-state index is -0.400. The fourth-order valence-corrected chi connectivity index (χ4v) is 2.23. The highest BCUT2D eigenvalue weighted by Gasteiger charge is 2.08. The zero-order chi connectivity index (χ0) is 14.4. The van der Waals surface area contributed by atoms with E-state index in [0.29, 0.717) is 6.54 Å². The second-order valence-corrected chi connectivity index (χ2v) is 4.93. The lowest BCUT2D eigenvalue weighted by Crippen LogP contribution is -2.23. The van der Waals surface area contributed by atoms with Crippen LogP contribution >= 0.6 is 0 Å². The summed E-state index contributed by atoms with van der Waals surface area (Å²) in [6.07, 6.45) is 2.19. The zero-order valence-corrected chi connectivity index (χ0v) is 11.7. The number of anilines is 1. The van der Waals surface area contributed by atoms with Gasteiger partial charge in [-0.1, -0.05) is 31.5 Å². The van der Waals surface area contributed by atoms with Gasteiger partial charge in [-0.25, -0.2) is 4.39 Å². The topological polar surface area (TPSA) is 23.5 Å². The molecular weight excluding hydrogens is 253 g/mol. The van der Waals surface area contributed by atoms with Crippen LogP contribution in [-0.2, 0) is 6.54 Å². The second kappa shape index (κ2) is 6.94. The van der Waals surface area contributed by atoms with Crippen LogP contribution in [0.4, 0.5) is 10.1 Å². The summed E-state index contributed by atoms with van der Waals surface area (Å²) in [5.41, 5.74) is 1.90. The number of phenols is 1. The van der Waals surface area contributed by atoms with E-state index in [1.54, 1.807) is 6.07 Å². The van der Waals surface area contributed by atoms with E-state index in [2.05, 4.69) is 24.0 Å². The molecule has 0 fully saturated rings. The lowest BCUT2D eigenvalue weighted by molar-refractivity contribution is 0.468. The van der Waals surface area contributed by atoms with Crippen molar-refractivity contribution in [3.63, 3.8) is 0 Å². The van der Waals surface area contributed by atoms with Crippen LogP contribution in [0.3, 0.4) is 0 Å². The normalized spacial score (nSPS) is 10.5. The number of unbranched alkanes of at least 4 members (excludes halogenated alkanes) is 1. The SMILES string of the molecule is CCCCN(Cc1cc(O)cc(F)c1)c1ccccc1. The molecule has 2 aromatic rings. The summed E-state index contributed by atoms with van der Waals surface area (Å²) in [5.74, 6) is -0.424. The van der Waals surface area contributed by atoms with E-state index < -0.39 is 5.82 Å². The lowest BCUT2D eigenvalue weighted by atomic mass is 10.1. The minimum absolute atomic E-state index is 0.0245. The molecule has 0 atom stereocenters. The first kappa shape index (κ1) is 14.4. The summed E-state index contributed by atoms with van der Waals surface area (Å²) in [4.78, 5) is 2.21. The van der Waals surface area contributed by atoms with E-state index in [1.165, 1.54) is 6.07 Å². The molecule has 0 aliphatic heterocycles. The van der Waals surface area contributed by atoms with Crippen molar-refractivity contribution >= 4 is 5.69 Å². The maximum absolute atomic E-state index is 13.4. The van der Waals surface area contributed by atoms with E-state index in [0.717, 1.165) is 36.7 Å². The molecule has 0 heterocycles. The van der Waals surface area contributed by atoms with Gasteiger partial charge in [0, 0.05) is 24.8 Å². The van der Waals surface area contributed by atoms with Crippen LogP contribution in [0.15, 0.2) is 48.5 Å². The molecule has 0 aliphatic carbocycles. The van der Waals surface area contributed by atoms with Crippen LogP contribution in [-0.4, -0.2) is 11.7 Å². The van der Waals surface area contributed by atoms with Crippen molar-refractivity contribution in [3.05, 3.63) is 59.9 Å². The minimum Gasteiger partial charge on any atom is -0.508 e. The lowest BCUT2D eigenvalue weighted by Gasteiger charge is -2.25. The van der Waals surface area contributed by atoms with Crippen molar-refractivity contribution in [2.45, 2.75) is 26.3 Å². The van der Waals surface area contributed by atoms with Gasteiger partial charge in [0.2, 0.25) is 0 Å². The van der Waals surface area contributed by atoms with Gasteiger partial charge in [-0.05, 0) is 36.2 Å². The molecule has 3 heteroatoms. The molecule has 0 unspecified atom stereocenters. The predicted molar refractivity (Wildman–Crippen MR) is 80.5 cm³/mol. The number of rotatable bonds is 6. The van der Waals surface area contributed by atoms with Crippen LogP contribution in [0.25, 0.3) is 0 Å². The van der Waals surface area contributed by atoms with Gasteiger partial charge in [-0.15, -0.1) is 0 Å². The Morgan fingerprint density at radius 1 is 1.10 bits per heavy atom. The Morgan fingerprint density at radius 3 is 2.50 bits per heavy atom.